The van der Waals surface area contributed by atoms with Gasteiger partial charge < -0.3 is 5.73 Å². The van der Waals surface area contributed by atoms with Gasteiger partial charge in [0.2, 0.25) is 0 Å². The normalized spacial score (nSPS) is 12.8. The SMILES string of the molecule is CSCCC(N)Cc1ccc(F)cc1F. The van der Waals surface area contributed by atoms with E-state index < -0.39 is 11.6 Å². The quantitative estimate of drug-likeness (QED) is 0.843. The summed E-state index contributed by atoms with van der Waals surface area (Å²) in [7, 11) is 0. The van der Waals surface area contributed by atoms with Crippen molar-refractivity contribution >= 4 is 11.8 Å². The highest BCUT2D eigenvalue weighted by Crippen LogP contribution is 2.12. The van der Waals surface area contributed by atoms with Gasteiger partial charge in [0.15, 0.2) is 0 Å². The van der Waals surface area contributed by atoms with E-state index >= 15 is 0 Å². The molecule has 1 rings (SSSR count). The molecule has 84 valence electrons. The van der Waals surface area contributed by atoms with Crippen LogP contribution in [0.25, 0.3) is 0 Å². The van der Waals surface area contributed by atoms with Gasteiger partial charge in [-0.1, -0.05) is 6.07 Å². The zero-order chi connectivity index (χ0) is 11.3. The monoisotopic (exact) mass is 231 g/mol. The van der Waals surface area contributed by atoms with Crippen molar-refractivity contribution < 1.29 is 8.78 Å². The standard InChI is InChI=1S/C11H15F2NS/c1-15-5-4-10(14)6-8-2-3-9(12)7-11(8)13/h2-3,7,10H,4-6,14H2,1H3. The van der Waals surface area contributed by atoms with E-state index in [1.165, 1.54) is 12.1 Å². The summed E-state index contributed by atoms with van der Waals surface area (Å²) >= 11 is 1.71. The molecule has 0 aliphatic rings. The van der Waals surface area contributed by atoms with E-state index in [-0.39, 0.29) is 6.04 Å². The molecule has 15 heavy (non-hydrogen) atoms. The van der Waals surface area contributed by atoms with Crippen molar-refractivity contribution in [3.63, 3.8) is 0 Å². The highest BCUT2D eigenvalue weighted by molar-refractivity contribution is 7.98. The lowest BCUT2D eigenvalue weighted by molar-refractivity contribution is 0.556. The second-order valence-electron chi connectivity index (χ2n) is 3.48. The van der Waals surface area contributed by atoms with Gasteiger partial charge >= 0.3 is 0 Å². The molecule has 0 saturated heterocycles. The van der Waals surface area contributed by atoms with Crippen LogP contribution in [0.5, 0.6) is 0 Å². The first-order chi connectivity index (χ1) is 7.13. The average molecular weight is 231 g/mol. The molecule has 0 bridgehead atoms. The van der Waals surface area contributed by atoms with E-state index in [0.29, 0.717) is 12.0 Å². The Kier molecular flexibility index (Phi) is 5.05. The van der Waals surface area contributed by atoms with Crippen molar-refractivity contribution in [2.45, 2.75) is 18.9 Å². The van der Waals surface area contributed by atoms with Gasteiger partial charge in [-0.15, -0.1) is 0 Å². The number of hydrogen-bond donors (Lipinski definition) is 1. The van der Waals surface area contributed by atoms with E-state index in [1.807, 2.05) is 6.26 Å². The summed E-state index contributed by atoms with van der Waals surface area (Å²) in [6, 6.07) is 3.57. The minimum Gasteiger partial charge on any atom is -0.327 e. The van der Waals surface area contributed by atoms with Crippen LogP contribution in [0, 0.1) is 11.6 Å². The molecule has 0 fully saturated rings. The van der Waals surface area contributed by atoms with Gasteiger partial charge in [-0.3, -0.25) is 0 Å². The van der Waals surface area contributed by atoms with Gasteiger partial charge in [0, 0.05) is 12.1 Å². The molecule has 0 heterocycles. The number of benzene rings is 1. The van der Waals surface area contributed by atoms with Crippen molar-refractivity contribution in [3.05, 3.63) is 35.4 Å². The minimum atomic E-state index is -0.547. The third kappa shape index (κ3) is 4.18. The smallest absolute Gasteiger partial charge is 0.129 e. The number of halogens is 2. The lowest BCUT2D eigenvalue weighted by Gasteiger charge is -2.11. The maximum absolute atomic E-state index is 13.2. The summed E-state index contributed by atoms with van der Waals surface area (Å²) in [5.74, 6) is -0.0900. The van der Waals surface area contributed by atoms with Gasteiger partial charge in [-0.25, -0.2) is 8.78 Å². The molecule has 1 unspecified atom stereocenters. The fourth-order valence-electron chi connectivity index (χ4n) is 1.34. The number of hydrogen-bond acceptors (Lipinski definition) is 2. The van der Waals surface area contributed by atoms with E-state index in [0.717, 1.165) is 18.2 Å². The topological polar surface area (TPSA) is 26.0 Å². The molecule has 0 aromatic heterocycles. The predicted octanol–water partition coefficient (Wildman–Crippen LogP) is 2.59. The van der Waals surface area contributed by atoms with Gasteiger partial charge in [0.25, 0.3) is 0 Å². The fraction of sp³-hybridized carbons (Fsp3) is 0.455. The third-order valence-corrected chi connectivity index (χ3v) is 2.83. The van der Waals surface area contributed by atoms with E-state index in [4.69, 9.17) is 5.73 Å². The van der Waals surface area contributed by atoms with Crippen molar-refractivity contribution in [3.8, 4) is 0 Å². The first kappa shape index (κ1) is 12.5. The van der Waals surface area contributed by atoms with Crippen LogP contribution in [0.1, 0.15) is 12.0 Å². The largest absolute Gasteiger partial charge is 0.327 e. The molecule has 0 radical (unpaired) electrons. The Bertz CT molecular complexity index is 317. The molecule has 1 nitrogen and oxygen atoms in total. The lowest BCUT2D eigenvalue weighted by Crippen LogP contribution is -2.24. The van der Waals surface area contributed by atoms with Crippen LogP contribution in [0.2, 0.25) is 0 Å². The van der Waals surface area contributed by atoms with Crippen LogP contribution in [0.15, 0.2) is 18.2 Å². The second kappa shape index (κ2) is 6.08. The molecule has 1 aromatic rings. The molecule has 0 spiro atoms. The van der Waals surface area contributed by atoms with Crippen LogP contribution in [-0.4, -0.2) is 18.1 Å². The summed E-state index contributed by atoms with van der Waals surface area (Å²) < 4.78 is 25.8. The lowest BCUT2D eigenvalue weighted by atomic mass is 10.0. The Morgan fingerprint density at radius 2 is 2.13 bits per heavy atom. The van der Waals surface area contributed by atoms with E-state index in [9.17, 15) is 8.78 Å². The zero-order valence-corrected chi connectivity index (χ0v) is 9.49. The third-order valence-electron chi connectivity index (χ3n) is 2.19. The van der Waals surface area contributed by atoms with Crippen LogP contribution >= 0.6 is 11.8 Å². The highest BCUT2D eigenvalue weighted by atomic mass is 32.2. The Labute approximate surface area is 93.1 Å². The average Bonchev–Trinajstić information content (AvgIpc) is 2.19. The zero-order valence-electron chi connectivity index (χ0n) is 8.67. The van der Waals surface area contributed by atoms with Crippen molar-refractivity contribution in [1.82, 2.24) is 0 Å². The maximum Gasteiger partial charge on any atom is 0.129 e. The van der Waals surface area contributed by atoms with Crippen LogP contribution in [-0.2, 0) is 6.42 Å². The van der Waals surface area contributed by atoms with E-state index in [1.54, 1.807) is 11.8 Å². The first-order valence-corrected chi connectivity index (χ1v) is 6.21. The summed E-state index contributed by atoms with van der Waals surface area (Å²) in [6.45, 7) is 0. The molecule has 0 amide bonds. The second-order valence-corrected chi connectivity index (χ2v) is 4.47. The Balaban J connectivity index is 2.56. The number of thioether (sulfide) groups is 1. The van der Waals surface area contributed by atoms with Crippen LogP contribution in [0.4, 0.5) is 8.78 Å². The van der Waals surface area contributed by atoms with Gasteiger partial charge in [0.1, 0.15) is 11.6 Å². The molecular formula is C11H15F2NS. The predicted molar refractivity (Wildman–Crippen MR) is 61.0 cm³/mol. The Hall–Kier alpha value is -0.610. The molecular weight excluding hydrogens is 216 g/mol. The molecule has 2 N–H and O–H groups in total. The summed E-state index contributed by atoms with van der Waals surface area (Å²) in [6.07, 6.45) is 3.32. The Morgan fingerprint density at radius 1 is 1.40 bits per heavy atom. The molecule has 0 aliphatic heterocycles. The molecule has 1 atom stereocenters. The van der Waals surface area contributed by atoms with Crippen LogP contribution in [0.3, 0.4) is 0 Å². The maximum atomic E-state index is 13.2. The van der Waals surface area contributed by atoms with E-state index in [2.05, 4.69) is 0 Å². The summed E-state index contributed by atoms with van der Waals surface area (Å²) in [5, 5.41) is 0. The number of nitrogens with two attached hydrogens (primary N) is 1. The fourth-order valence-corrected chi connectivity index (χ4v) is 1.88. The first-order valence-electron chi connectivity index (χ1n) is 4.82. The van der Waals surface area contributed by atoms with Crippen LogP contribution < -0.4 is 5.73 Å². The Morgan fingerprint density at radius 3 is 2.73 bits per heavy atom. The van der Waals surface area contributed by atoms with Gasteiger partial charge in [-0.05, 0) is 36.5 Å². The van der Waals surface area contributed by atoms with Crippen molar-refractivity contribution in [2.24, 2.45) is 5.73 Å². The molecule has 1 aromatic carbocycles. The summed E-state index contributed by atoms with van der Waals surface area (Å²) in [4.78, 5) is 0. The van der Waals surface area contributed by atoms with Crippen molar-refractivity contribution in [1.29, 1.82) is 0 Å². The van der Waals surface area contributed by atoms with Gasteiger partial charge in [0.05, 0.1) is 0 Å². The van der Waals surface area contributed by atoms with Gasteiger partial charge in [-0.2, -0.15) is 11.8 Å². The number of rotatable bonds is 5. The summed E-state index contributed by atoms with van der Waals surface area (Å²) in [5.41, 5.74) is 6.32. The molecule has 0 aliphatic carbocycles. The van der Waals surface area contributed by atoms with Crippen molar-refractivity contribution in [2.75, 3.05) is 12.0 Å². The minimum absolute atomic E-state index is 0.0580. The molecule has 4 heteroatoms. The highest BCUT2D eigenvalue weighted by Gasteiger charge is 2.08. The molecule has 0 saturated carbocycles.